The van der Waals surface area contributed by atoms with Crippen molar-refractivity contribution in [2.24, 2.45) is 0 Å². The largest absolute Gasteiger partial charge is 0.508 e. The van der Waals surface area contributed by atoms with Crippen molar-refractivity contribution in [1.82, 2.24) is 0 Å². The average Bonchev–Trinajstić information content (AvgIpc) is 2.47. The highest BCUT2D eigenvalue weighted by molar-refractivity contribution is 6.05. The van der Waals surface area contributed by atoms with Gasteiger partial charge in [0.1, 0.15) is 11.5 Å². The number of anilines is 1. The van der Waals surface area contributed by atoms with Gasteiger partial charge in [-0.1, -0.05) is 6.07 Å². The summed E-state index contributed by atoms with van der Waals surface area (Å²) in [7, 11) is 1.46. The molecule has 5 heteroatoms. The summed E-state index contributed by atoms with van der Waals surface area (Å²) in [6, 6.07) is 12.7. The first-order chi connectivity index (χ1) is 9.63. The van der Waals surface area contributed by atoms with Crippen LogP contribution in [0.25, 0.3) is 0 Å². The normalized spacial score (nSPS) is 9.60. The van der Waals surface area contributed by atoms with Gasteiger partial charge in [-0.05, 0) is 30.3 Å². The van der Waals surface area contributed by atoms with Crippen molar-refractivity contribution in [3.05, 3.63) is 53.6 Å². The topological polar surface area (TPSA) is 82.3 Å². The number of rotatable bonds is 3. The van der Waals surface area contributed by atoms with E-state index in [0.717, 1.165) is 0 Å². The molecule has 0 bridgehead atoms. The third-order valence-corrected chi connectivity index (χ3v) is 2.69. The Hall–Kier alpha value is -3.00. The van der Waals surface area contributed by atoms with Crippen molar-refractivity contribution in [3.63, 3.8) is 0 Å². The lowest BCUT2D eigenvalue weighted by molar-refractivity contribution is 0.102. The first kappa shape index (κ1) is 13.4. The van der Waals surface area contributed by atoms with Gasteiger partial charge in [-0.3, -0.25) is 4.79 Å². The predicted molar refractivity (Wildman–Crippen MR) is 73.8 cm³/mol. The van der Waals surface area contributed by atoms with Crippen LogP contribution in [0.3, 0.4) is 0 Å². The molecule has 2 aromatic carbocycles. The van der Waals surface area contributed by atoms with Gasteiger partial charge < -0.3 is 15.2 Å². The van der Waals surface area contributed by atoms with Gasteiger partial charge in [0.05, 0.1) is 24.4 Å². The number of methoxy groups -OCH3 is 1. The standard InChI is InChI=1S/C15H12N2O3/c1-20-14-7-10(9-16)5-6-13(14)17-15(19)11-3-2-4-12(18)8-11/h2-8,18H,1H3,(H,17,19). The van der Waals surface area contributed by atoms with E-state index in [1.54, 1.807) is 24.3 Å². The van der Waals surface area contributed by atoms with Crippen molar-refractivity contribution >= 4 is 11.6 Å². The van der Waals surface area contributed by atoms with E-state index in [9.17, 15) is 9.90 Å². The van der Waals surface area contributed by atoms with E-state index in [-0.39, 0.29) is 11.7 Å². The Kier molecular flexibility index (Phi) is 3.87. The summed E-state index contributed by atoms with van der Waals surface area (Å²) >= 11 is 0. The minimum atomic E-state index is -0.371. The Bertz CT molecular complexity index is 690. The molecular formula is C15H12N2O3. The fourth-order valence-corrected chi connectivity index (χ4v) is 1.71. The first-order valence-corrected chi connectivity index (χ1v) is 5.82. The molecule has 2 rings (SSSR count). The third-order valence-electron chi connectivity index (χ3n) is 2.69. The van der Waals surface area contributed by atoms with Crippen LogP contribution in [0.4, 0.5) is 5.69 Å². The Labute approximate surface area is 116 Å². The summed E-state index contributed by atoms with van der Waals surface area (Å²) < 4.78 is 5.13. The van der Waals surface area contributed by atoms with E-state index in [2.05, 4.69) is 5.32 Å². The smallest absolute Gasteiger partial charge is 0.255 e. The molecule has 0 aliphatic carbocycles. The SMILES string of the molecule is COc1cc(C#N)ccc1NC(=O)c1cccc(O)c1. The molecular weight excluding hydrogens is 256 g/mol. The molecule has 0 atom stereocenters. The van der Waals surface area contributed by atoms with E-state index >= 15 is 0 Å². The average molecular weight is 268 g/mol. The number of hydrogen-bond acceptors (Lipinski definition) is 4. The molecule has 0 aliphatic heterocycles. The minimum Gasteiger partial charge on any atom is -0.508 e. The van der Waals surface area contributed by atoms with Crippen molar-refractivity contribution in [1.29, 1.82) is 5.26 Å². The zero-order chi connectivity index (χ0) is 14.5. The summed E-state index contributed by atoms with van der Waals surface area (Å²) in [6.07, 6.45) is 0. The lowest BCUT2D eigenvalue weighted by Crippen LogP contribution is -2.12. The Morgan fingerprint density at radius 2 is 2.10 bits per heavy atom. The minimum absolute atomic E-state index is 0.0180. The molecule has 0 fully saturated rings. The number of ether oxygens (including phenoxy) is 1. The third kappa shape index (κ3) is 2.87. The molecule has 0 saturated carbocycles. The van der Waals surface area contributed by atoms with Gasteiger partial charge >= 0.3 is 0 Å². The van der Waals surface area contributed by atoms with E-state index in [1.165, 1.54) is 25.3 Å². The van der Waals surface area contributed by atoms with Crippen molar-refractivity contribution in [2.45, 2.75) is 0 Å². The van der Waals surface area contributed by atoms with Crippen LogP contribution in [0.5, 0.6) is 11.5 Å². The van der Waals surface area contributed by atoms with Crippen LogP contribution in [-0.4, -0.2) is 18.1 Å². The molecule has 1 amide bonds. The fourth-order valence-electron chi connectivity index (χ4n) is 1.71. The molecule has 5 nitrogen and oxygen atoms in total. The van der Waals surface area contributed by atoms with Gasteiger partial charge in [-0.25, -0.2) is 0 Å². The summed E-state index contributed by atoms with van der Waals surface area (Å²) in [5.74, 6) is 0.0471. The maximum absolute atomic E-state index is 12.0. The van der Waals surface area contributed by atoms with E-state index in [1.807, 2.05) is 6.07 Å². The van der Waals surface area contributed by atoms with Crippen molar-refractivity contribution < 1.29 is 14.6 Å². The highest BCUT2D eigenvalue weighted by Gasteiger charge is 2.10. The number of carbonyl (C=O) groups is 1. The molecule has 0 spiro atoms. The van der Waals surface area contributed by atoms with Crippen LogP contribution in [0, 0.1) is 11.3 Å². The Balaban J connectivity index is 2.26. The second-order valence-electron chi connectivity index (χ2n) is 4.03. The highest BCUT2D eigenvalue weighted by Crippen LogP contribution is 2.26. The maximum atomic E-state index is 12.0. The molecule has 0 aromatic heterocycles. The van der Waals surface area contributed by atoms with Crippen LogP contribution < -0.4 is 10.1 Å². The van der Waals surface area contributed by atoms with Crippen LogP contribution in [-0.2, 0) is 0 Å². The van der Waals surface area contributed by atoms with E-state index in [4.69, 9.17) is 10.00 Å². The predicted octanol–water partition coefficient (Wildman–Crippen LogP) is 2.52. The summed E-state index contributed by atoms with van der Waals surface area (Å²) in [4.78, 5) is 12.0. The second-order valence-corrected chi connectivity index (χ2v) is 4.03. The molecule has 2 aromatic rings. The molecule has 0 radical (unpaired) electrons. The van der Waals surface area contributed by atoms with E-state index < -0.39 is 0 Å². The quantitative estimate of drug-likeness (QED) is 0.896. The molecule has 100 valence electrons. The number of nitrogens with zero attached hydrogens (tertiary/aromatic N) is 1. The molecule has 0 aliphatic rings. The van der Waals surface area contributed by atoms with Gasteiger partial charge in [0, 0.05) is 11.6 Å². The van der Waals surface area contributed by atoms with Gasteiger partial charge in [-0.15, -0.1) is 0 Å². The number of benzene rings is 2. The number of carbonyl (C=O) groups excluding carboxylic acids is 1. The number of amides is 1. The molecule has 0 saturated heterocycles. The molecule has 0 unspecified atom stereocenters. The molecule has 0 heterocycles. The van der Waals surface area contributed by atoms with Gasteiger partial charge in [0.15, 0.2) is 0 Å². The lowest BCUT2D eigenvalue weighted by Gasteiger charge is -2.10. The fraction of sp³-hybridized carbons (Fsp3) is 0.0667. The van der Waals surface area contributed by atoms with Gasteiger partial charge in [0.25, 0.3) is 5.91 Å². The lowest BCUT2D eigenvalue weighted by atomic mass is 10.1. The maximum Gasteiger partial charge on any atom is 0.255 e. The van der Waals surface area contributed by atoms with Crippen LogP contribution >= 0.6 is 0 Å². The highest BCUT2D eigenvalue weighted by atomic mass is 16.5. The molecule has 2 N–H and O–H groups in total. The van der Waals surface area contributed by atoms with Gasteiger partial charge in [0.2, 0.25) is 0 Å². The van der Waals surface area contributed by atoms with Gasteiger partial charge in [-0.2, -0.15) is 5.26 Å². The number of phenols is 1. The summed E-state index contributed by atoms with van der Waals surface area (Å²) in [6.45, 7) is 0. The van der Waals surface area contributed by atoms with Crippen LogP contribution in [0.2, 0.25) is 0 Å². The second kappa shape index (κ2) is 5.76. The van der Waals surface area contributed by atoms with Crippen LogP contribution in [0.15, 0.2) is 42.5 Å². The Morgan fingerprint density at radius 3 is 2.75 bits per heavy atom. The summed E-state index contributed by atoms with van der Waals surface area (Å²) in [5.41, 5.74) is 1.23. The van der Waals surface area contributed by atoms with E-state index in [0.29, 0.717) is 22.6 Å². The zero-order valence-corrected chi connectivity index (χ0v) is 10.8. The van der Waals surface area contributed by atoms with Crippen molar-refractivity contribution in [3.8, 4) is 17.6 Å². The number of aromatic hydroxyl groups is 1. The zero-order valence-electron chi connectivity index (χ0n) is 10.8. The monoisotopic (exact) mass is 268 g/mol. The van der Waals surface area contributed by atoms with Crippen LogP contribution in [0.1, 0.15) is 15.9 Å². The first-order valence-electron chi connectivity index (χ1n) is 5.82. The van der Waals surface area contributed by atoms with Crippen molar-refractivity contribution in [2.75, 3.05) is 12.4 Å². The number of phenolic OH excluding ortho intramolecular Hbond substituents is 1. The summed E-state index contributed by atoms with van der Waals surface area (Å²) in [5, 5.41) is 20.8. The number of nitriles is 1. The number of hydrogen-bond donors (Lipinski definition) is 2. The molecule has 20 heavy (non-hydrogen) atoms. The number of nitrogens with one attached hydrogen (secondary N) is 1. The Morgan fingerprint density at radius 1 is 1.30 bits per heavy atom.